The molecule has 3 rings (SSSR count). The summed E-state index contributed by atoms with van der Waals surface area (Å²) in [4.78, 5) is 16.2. The normalized spacial score (nSPS) is 10.9. The van der Waals surface area contributed by atoms with Crippen molar-refractivity contribution in [3.05, 3.63) is 48.0 Å². The third-order valence-electron chi connectivity index (χ3n) is 3.67. The van der Waals surface area contributed by atoms with Crippen molar-refractivity contribution in [3.8, 4) is 11.5 Å². The van der Waals surface area contributed by atoms with Gasteiger partial charge in [0.05, 0.1) is 0 Å². The highest BCUT2D eigenvalue weighted by molar-refractivity contribution is 7.80. The number of carbonyl (C=O) groups excluding carboxylic acids is 1. The van der Waals surface area contributed by atoms with Crippen molar-refractivity contribution in [3.63, 3.8) is 0 Å². The summed E-state index contributed by atoms with van der Waals surface area (Å²) in [5, 5.41) is 5.94. The monoisotopic (exact) mass is 353 g/mol. The number of hydrogen-bond donors (Lipinski definition) is 2. The fraction of sp³-hybridized carbons (Fsp3) is 0.211. The molecule has 0 aliphatic rings. The molecule has 0 fully saturated rings. The van der Waals surface area contributed by atoms with Crippen LogP contribution in [0.5, 0.6) is 0 Å². The number of nitrogens with one attached hydrogen (secondary N) is 2. The lowest BCUT2D eigenvalue weighted by Gasteiger charge is -2.11. The molecule has 1 heterocycles. The molecule has 6 heteroatoms. The average molecular weight is 353 g/mol. The topological polar surface area (TPSA) is 67.2 Å². The molecule has 0 aliphatic heterocycles. The first-order valence-corrected chi connectivity index (χ1v) is 8.42. The van der Waals surface area contributed by atoms with Gasteiger partial charge in [-0.3, -0.25) is 4.79 Å². The van der Waals surface area contributed by atoms with Gasteiger partial charge in [0, 0.05) is 17.2 Å². The van der Waals surface area contributed by atoms with Gasteiger partial charge in [-0.05, 0) is 55.0 Å². The third-order valence-corrected chi connectivity index (χ3v) is 3.88. The van der Waals surface area contributed by atoms with E-state index in [0.717, 1.165) is 27.9 Å². The molecule has 0 atom stereocenters. The van der Waals surface area contributed by atoms with Gasteiger partial charge in [-0.2, -0.15) is 0 Å². The number of hydrogen-bond acceptors (Lipinski definition) is 4. The van der Waals surface area contributed by atoms with Gasteiger partial charge < -0.3 is 15.1 Å². The van der Waals surface area contributed by atoms with E-state index in [1.54, 1.807) is 0 Å². The maximum Gasteiger partial charge on any atom is 0.228 e. The van der Waals surface area contributed by atoms with E-state index in [9.17, 15) is 4.79 Å². The largest absolute Gasteiger partial charge is 0.436 e. The second kappa shape index (κ2) is 7.03. The fourth-order valence-corrected chi connectivity index (χ4v) is 2.53. The first kappa shape index (κ1) is 17.1. The van der Waals surface area contributed by atoms with Crippen LogP contribution < -0.4 is 10.6 Å². The number of fused-ring (bicyclic) bond motifs is 1. The van der Waals surface area contributed by atoms with Crippen LogP contribution >= 0.6 is 12.2 Å². The Morgan fingerprint density at radius 3 is 2.76 bits per heavy atom. The molecule has 5 nitrogen and oxygen atoms in total. The number of benzene rings is 2. The zero-order valence-corrected chi connectivity index (χ0v) is 15.1. The van der Waals surface area contributed by atoms with Crippen LogP contribution in [-0.4, -0.2) is 16.0 Å². The minimum absolute atomic E-state index is 0.122. The fourth-order valence-electron chi connectivity index (χ4n) is 2.31. The maximum atomic E-state index is 11.7. The highest BCUT2D eigenvalue weighted by Gasteiger charge is 2.11. The number of amides is 1. The molecule has 0 aliphatic carbocycles. The molecular formula is C19H19N3O2S. The summed E-state index contributed by atoms with van der Waals surface area (Å²) in [6.07, 6.45) is 0. The van der Waals surface area contributed by atoms with E-state index in [4.69, 9.17) is 16.6 Å². The predicted molar refractivity (Wildman–Crippen MR) is 103 cm³/mol. The van der Waals surface area contributed by atoms with Gasteiger partial charge in [0.15, 0.2) is 10.7 Å². The predicted octanol–water partition coefficient (Wildman–Crippen LogP) is 4.27. The Balaban J connectivity index is 1.80. The number of nitrogens with zero attached hydrogens (tertiary/aromatic N) is 1. The summed E-state index contributed by atoms with van der Waals surface area (Å²) in [6.45, 7) is 5.64. The number of thiocarbonyl (C=S) groups is 1. The zero-order valence-electron chi connectivity index (χ0n) is 14.3. The van der Waals surface area contributed by atoms with Crippen LogP contribution in [0.25, 0.3) is 22.6 Å². The van der Waals surface area contributed by atoms with Crippen molar-refractivity contribution >= 4 is 40.0 Å². The molecule has 2 N–H and O–H groups in total. The Kier molecular flexibility index (Phi) is 4.81. The molecule has 0 radical (unpaired) electrons. The van der Waals surface area contributed by atoms with E-state index in [0.29, 0.717) is 5.89 Å². The third kappa shape index (κ3) is 4.03. The van der Waals surface area contributed by atoms with Crippen molar-refractivity contribution in [1.82, 2.24) is 10.3 Å². The van der Waals surface area contributed by atoms with E-state index >= 15 is 0 Å². The first-order valence-electron chi connectivity index (χ1n) is 8.02. The number of carbonyl (C=O) groups is 1. The van der Waals surface area contributed by atoms with Gasteiger partial charge >= 0.3 is 0 Å². The van der Waals surface area contributed by atoms with Crippen LogP contribution in [-0.2, 0) is 4.79 Å². The van der Waals surface area contributed by atoms with Crippen LogP contribution in [0, 0.1) is 12.8 Å². The van der Waals surface area contributed by atoms with Crippen molar-refractivity contribution in [2.75, 3.05) is 5.32 Å². The first-order chi connectivity index (χ1) is 11.9. The summed E-state index contributed by atoms with van der Waals surface area (Å²) >= 11 is 5.18. The van der Waals surface area contributed by atoms with Gasteiger partial charge in [0.2, 0.25) is 11.8 Å². The van der Waals surface area contributed by atoms with Crippen molar-refractivity contribution in [1.29, 1.82) is 0 Å². The Morgan fingerprint density at radius 2 is 2.00 bits per heavy atom. The molecule has 2 aromatic carbocycles. The SMILES string of the molecule is Cc1ccc2oc(-c3cccc(NC(=S)NC(=O)C(C)C)c3)nc2c1. The Hall–Kier alpha value is -2.73. The molecule has 0 spiro atoms. The molecule has 0 bridgehead atoms. The molecular weight excluding hydrogens is 334 g/mol. The van der Waals surface area contributed by atoms with Gasteiger partial charge in [0.25, 0.3) is 0 Å². The molecule has 25 heavy (non-hydrogen) atoms. The van der Waals surface area contributed by atoms with Gasteiger partial charge in [0.1, 0.15) is 5.52 Å². The lowest BCUT2D eigenvalue weighted by Crippen LogP contribution is -2.36. The number of rotatable bonds is 3. The van der Waals surface area contributed by atoms with Gasteiger partial charge in [-0.25, -0.2) is 4.98 Å². The van der Waals surface area contributed by atoms with E-state index in [1.165, 1.54) is 0 Å². The van der Waals surface area contributed by atoms with Crippen LogP contribution in [0.3, 0.4) is 0 Å². The second-order valence-electron chi connectivity index (χ2n) is 6.17. The van der Waals surface area contributed by atoms with E-state index < -0.39 is 0 Å². The molecule has 0 unspecified atom stereocenters. The van der Waals surface area contributed by atoms with E-state index in [-0.39, 0.29) is 16.9 Å². The minimum atomic E-state index is -0.130. The maximum absolute atomic E-state index is 11.7. The molecule has 3 aromatic rings. The minimum Gasteiger partial charge on any atom is -0.436 e. The molecule has 0 saturated carbocycles. The highest BCUT2D eigenvalue weighted by Crippen LogP contribution is 2.26. The lowest BCUT2D eigenvalue weighted by molar-refractivity contribution is -0.122. The molecule has 1 amide bonds. The van der Waals surface area contributed by atoms with Crippen molar-refractivity contribution in [2.45, 2.75) is 20.8 Å². The van der Waals surface area contributed by atoms with Crippen LogP contribution in [0.4, 0.5) is 5.69 Å². The molecule has 128 valence electrons. The Bertz CT molecular complexity index is 947. The summed E-state index contributed by atoms with van der Waals surface area (Å²) in [7, 11) is 0. The summed E-state index contributed by atoms with van der Waals surface area (Å²) in [5.74, 6) is 0.290. The number of oxazole rings is 1. The smallest absolute Gasteiger partial charge is 0.228 e. The van der Waals surface area contributed by atoms with E-state index in [1.807, 2.05) is 63.2 Å². The second-order valence-corrected chi connectivity index (χ2v) is 6.58. The van der Waals surface area contributed by atoms with Crippen molar-refractivity contribution < 1.29 is 9.21 Å². The lowest BCUT2D eigenvalue weighted by atomic mass is 10.2. The summed E-state index contributed by atoms with van der Waals surface area (Å²) in [5.41, 5.74) is 4.29. The van der Waals surface area contributed by atoms with Gasteiger partial charge in [-0.15, -0.1) is 0 Å². The van der Waals surface area contributed by atoms with Crippen LogP contribution in [0.15, 0.2) is 46.9 Å². The number of aromatic nitrogens is 1. The summed E-state index contributed by atoms with van der Waals surface area (Å²) < 4.78 is 5.82. The average Bonchev–Trinajstić information content (AvgIpc) is 2.98. The Labute approximate surface area is 151 Å². The van der Waals surface area contributed by atoms with Crippen LogP contribution in [0.1, 0.15) is 19.4 Å². The quantitative estimate of drug-likeness (QED) is 0.688. The molecule has 0 saturated heterocycles. The summed E-state index contributed by atoms with van der Waals surface area (Å²) in [6, 6.07) is 13.4. The number of anilines is 1. The zero-order chi connectivity index (χ0) is 18.0. The number of aryl methyl sites for hydroxylation is 1. The van der Waals surface area contributed by atoms with Gasteiger partial charge in [-0.1, -0.05) is 26.0 Å². The van der Waals surface area contributed by atoms with Crippen LogP contribution in [0.2, 0.25) is 0 Å². The highest BCUT2D eigenvalue weighted by atomic mass is 32.1. The standard InChI is InChI=1S/C19H19N3O2S/c1-11(2)17(23)22-19(25)20-14-6-4-5-13(10-14)18-21-15-9-12(3)7-8-16(15)24-18/h4-11H,1-3H3,(H2,20,22,23,25). The Morgan fingerprint density at radius 1 is 1.20 bits per heavy atom. The van der Waals surface area contributed by atoms with Crippen molar-refractivity contribution in [2.24, 2.45) is 5.92 Å². The van der Waals surface area contributed by atoms with E-state index in [2.05, 4.69) is 15.6 Å². The molecule has 1 aromatic heterocycles.